The first-order valence-electron chi connectivity index (χ1n) is 7.91. The van der Waals surface area contributed by atoms with Gasteiger partial charge >= 0.3 is 0 Å². The van der Waals surface area contributed by atoms with E-state index < -0.39 is 0 Å². The molecule has 3 rings (SSSR count). The fourth-order valence-corrected chi connectivity index (χ4v) is 2.69. The van der Waals surface area contributed by atoms with Crippen LogP contribution in [-0.4, -0.2) is 29.5 Å². The lowest BCUT2D eigenvalue weighted by Gasteiger charge is -2.07. The van der Waals surface area contributed by atoms with Gasteiger partial charge in [0, 0.05) is 12.3 Å². The molecule has 0 saturated heterocycles. The van der Waals surface area contributed by atoms with Crippen LogP contribution in [0.2, 0.25) is 5.15 Å². The minimum Gasteiger partial charge on any atom is -0.493 e. The van der Waals surface area contributed by atoms with Gasteiger partial charge in [0.2, 0.25) is 5.91 Å². The molecular weight excluding hydrogens is 354 g/mol. The number of hydrogen-bond acceptors (Lipinski definition) is 4. The highest BCUT2D eigenvalue weighted by Gasteiger charge is 2.06. The molecule has 1 N–H and O–H groups in total. The monoisotopic (exact) mass is 371 g/mol. The summed E-state index contributed by atoms with van der Waals surface area (Å²) in [5, 5.41) is 3.37. The number of hydrogen-bond donors (Lipinski definition) is 1. The Balaban J connectivity index is 1.63. The summed E-state index contributed by atoms with van der Waals surface area (Å²) in [6.45, 7) is 0.313. The Bertz CT molecular complexity index is 966. The second-order valence-corrected chi connectivity index (χ2v) is 5.86. The molecule has 0 bridgehead atoms. The number of pyridine rings is 1. The number of ether oxygens (including phenoxy) is 2. The van der Waals surface area contributed by atoms with Crippen molar-refractivity contribution in [1.82, 2.24) is 14.7 Å². The highest BCUT2D eigenvalue weighted by Crippen LogP contribution is 2.27. The molecule has 1 amide bonds. The third-order valence-electron chi connectivity index (χ3n) is 3.77. The summed E-state index contributed by atoms with van der Waals surface area (Å²) in [4.78, 5) is 16.4. The molecule has 26 heavy (non-hydrogen) atoms. The van der Waals surface area contributed by atoms with Crippen LogP contribution >= 0.6 is 11.6 Å². The molecule has 7 heteroatoms. The first kappa shape index (κ1) is 17.8. The smallest absolute Gasteiger partial charge is 0.244 e. The van der Waals surface area contributed by atoms with E-state index in [4.69, 9.17) is 21.1 Å². The van der Waals surface area contributed by atoms with Gasteiger partial charge in [-0.05, 0) is 35.9 Å². The molecule has 0 saturated carbocycles. The number of carbonyl (C=O) groups is 1. The van der Waals surface area contributed by atoms with Crippen LogP contribution in [0.15, 0.2) is 48.7 Å². The van der Waals surface area contributed by atoms with Gasteiger partial charge in [-0.1, -0.05) is 23.7 Å². The molecule has 1 aromatic carbocycles. The molecule has 0 atom stereocenters. The molecule has 2 aromatic heterocycles. The zero-order valence-electron chi connectivity index (χ0n) is 14.4. The van der Waals surface area contributed by atoms with Gasteiger partial charge in [-0.15, -0.1) is 0 Å². The molecule has 2 heterocycles. The molecule has 6 nitrogen and oxygen atoms in total. The summed E-state index contributed by atoms with van der Waals surface area (Å²) < 4.78 is 12.2. The zero-order chi connectivity index (χ0) is 18.5. The van der Waals surface area contributed by atoms with Crippen molar-refractivity contribution in [3.8, 4) is 11.5 Å². The fourth-order valence-electron chi connectivity index (χ4n) is 2.48. The van der Waals surface area contributed by atoms with Crippen LogP contribution in [0.5, 0.6) is 11.5 Å². The molecule has 134 valence electrons. The summed E-state index contributed by atoms with van der Waals surface area (Å²) >= 11 is 6.10. The maximum Gasteiger partial charge on any atom is 0.244 e. The quantitative estimate of drug-likeness (QED) is 0.533. The molecule has 0 aliphatic carbocycles. The number of imidazole rings is 1. The van der Waals surface area contributed by atoms with Crippen LogP contribution in [-0.2, 0) is 11.3 Å². The number of methoxy groups -OCH3 is 2. The topological polar surface area (TPSA) is 64.9 Å². The number of nitrogens with one attached hydrogen (secondary N) is 1. The van der Waals surface area contributed by atoms with Gasteiger partial charge < -0.3 is 14.8 Å². The third-order valence-corrected chi connectivity index (χ3v) is 4.08. The predicted molar refractivity (Wildman–Crippen MR) is 101 cm³/mol. The fraction of sp³-hybridized carbons (Fsp3) is 0.158. The number of fused-ring (bicyclic) bond motifs is 1. The van der Waals surface area contributed by atoms with Gasteiger partial charge in [0.1, 0.15) is 10.8 Å². The van der Waals surface area contributed by atoms with Crippen LogP contribution in [0, 0.1) is 0 Å². The van der Waals surface area contributed by atoms with Crippen molar-refractivity contribution in [2.24, 2.45) is 0 Å². The second-order valence-electron chi connectivity index (χ2n) is 5.47. The van der Waals surface area contributed by atoms with E-state index in [0.29, 0.717) is 23.2 Å². The average Bonchev–Trinajstić information content (AvgIpc) is 3.09. The van der Waals surface area contributed by atoms with Crippen LogP contribution in [0.3, 0.4) is 0 Å². The number of nitrogens with zero attached hydrogens (tertiary/aromatic N) is 2. The average molecular weight is 372 g/mol. The van der Waals surface area contributed by atoms with E-state index in [0.717, 1.165) is 16.9 Å². The van der Waals surface area contributed by atoms with Crippen molar-refractivity contribution >= 4 is 29.2 Å². The van der Waals surface area contributed by atoms with E-state index in [-0.39, 0.29) is 5.91 Å². The minimum atomic E-state index is -0.220. The molecule has 0 unspecified atom stereocenters. The summed E-state index contributed by atoms with van der Waals surface area (Å²) in [6.07, 6.45) is 4.97. The zero-order valence-corrected chi connectivity index (χ0v) is 15.2. The van der Waals surface area contributed by atoms with E-state index >= 15 is 0 Å². The molecule has 0 aliphatic heterocycles. The maximum absolute atomic E-state index is 12.0. The number of carbonyl (C=O) groups excluding carboxylic acids is 1. The lowest BCUT2D eigenvalue weighted by Crippen LogP contribution is -2.20. The van der Waals surface area contributed by atoms with Crippen LogP contribution in [0.1, 0.15) is 11.3 Å². The van der Waals surface area contributed by atoms with Gasteiger partial charge in [-0.25, -0.2) is 4.98 Å². The van der Waals surface area contributed by atoms with Crippen molar-refractivity contribution in [3.05, 3.63) is 65.1 Å². The Morgan fingerprint density at radius 1 is 1.23 bits per heavy atom. The van der Waals surface area contributed by atoms with Gasteiger partial charge in [-0.3, -0.25) is 9.20 Å². The van der Waals surface area contributed by atoms with Crippen molar-refractivity contribution in [1.29, 1.82) is 0 Å². The highest BCUT2D eigenvalue weighted by atomic mass is 35.5. The Morgan fingerprint density at radius 2 is 2.04 bits per heavy atom. The number of aromatic nitrogens is 2. The first-order chi connectivity index (χ1) is 12.6. The number of rotatable bonds is 6. The van der Waals surface area contributed by atoms with Crippen molar-refractivity contribution in [2.75, 3.05) is 14.2 Å². The Morgan fingerprint density at radius 3 is 2.77 bits per heavy atom. The van der Waals surface area contributed by atoms with Crippen molar-refractivity contribution in [2.45, 2.75) is 6.54 Å². The SMILES string of the molecule is COc1ccc(/C=C/C(=O)NCc2cn3c(Cl)cccc3n2)cc1OC. The molecule has 0 aliphatic rings. The largest absolute Gasteiger partial charge is 0.493 e. The molecule has 0 spiro atoms. The summed E-state index contributed by atoms with van der Waals surface area (Å²) in [7, 11) is 3.15. The number of halogens is 1. The van der Waals surface area contributed by atoms with Gasteiger partial charge in [-0.2, -0.15) is 0 Å². The number of benzene rings is 1. The highest BCUT2D eigenvalue weighted by molar-refractivity contribution is 6.29. The van der Waals surface area contributed by atoms with E-state index in [2.05, 4.69) is 10.3 Å². The minimum absolute atomic E-state index is 0.220. The van der Waals surface area contributed by atoms with Crippen LogP contribution in [0.4, 0.5) is 0 Å². The van der Waals surface area contributed by atoms with E-state index in [1.54, 1.807) is 49.1 Å². The Hall–Kier alpha value is -2.99. The molecular formula is C19H18ClN3O3. The lowest BCUT2D eigenvalue weighted by molar-refractivity contribution is -0.116. The van der Waals surface area contributed by atoms with Gasteiger partial charge in [0.05, 0.1) is 26.5 Å². The normalized spacial score (nSPS) is 11.0. The molecule has 3 aromatic rings. The summed E-state index contributed by atoms with van der Waals surface area (Å²) in [5.41, 5.74) is 2.30. The summed E-state index contributed by atoms with van der Waals surface area (Å²) in [5.74, 6) is 1.03. The van der Waals surface area contributed by atoms with E-state index in [9.17, 15) is 4.79 Å². The molecule has 0 fully saturated rings. The molecule has 0 radical (unpaired) electrons. The van der Waals surface area contributed by atoms with Crippen LogP contribution in [0.25, 0.3) is 11.7 Å². The second kappa shape index (κ2) is 7.93. The van der Waals surface area contributed by atoms with E-state index in [1.807, 2.05) is 18.2 Å². The maximum atomic E-state index is 12.0. The first-order valence-corrected chi connectivity index (χ1v) is 8.29. The van der Waals surface area contributed by atoms with E-state index in [1.165, 1.54) is 6.08 Å². The lowest BCUT2D eigenvalue weighted by atomic mass is 10.2. The van der Waals surface area contributed by atoms with Gasteiger partial charge in [0.25, 0.3) is 0 Å². The number of amides is 1. The Labute approximate surface area is 156 Å². The Kier molecular flexibility index (Phi) is 5.43. The van der Waals surface area contributed by atoms with Crippen molar-refractivity contribution in [3.63, 3.8) is 0 Å². The van der Waals surface area contributed by atoms with Crippen molar-refractivity contribution < 1.29 is 14.3 Å². The third kappa shape index (κ3) is 3.97. The van der Waals surface area contributed by atoms with Crippen LogP contribution < -0.4 is 14.8 Å². The predicted octanol–water partition coefficient (Wildman–Crippen LogP) is 3.33. The van der Waals surface area contributed by atoms with Gasteiger partial charge in [0.15, 0.2) is 11.5 Å². The standard InChI is InChI=1S/C19H18ClN3O3/c1-25-15-8-6-13(10-16(15)26-2)7-9-19(24)21-11-14-12-23-17(20)4-3-5-18(23)22-14/h3-10,12H,11H2,1-2H3,(H,21,24)/b9-7+. The summed E-state index contributed by atoms with van der Waals surface area (Å²) in [6, 6.07) is 10.9.